The summed E-state index contributed by atoms with van der Waals surface area (Å²) in [6.45, 7) is 7.61. The Labute approximate surface area is 106 Å². The zero-order valence-corrected chi connectivity index (χ0v) is 11.0. The highest BCUT2D eigenvalue weighted by atomic mass is 35.5. The molecule has 2 N–H and O–H groups in total. The van der Waals surface area contributed by atoms with Crippen molar-refractivity contribution in [1.82, 2.24) is 9.97 Å². The Balaban J connectivity index is 2.30. The van der Waals surface area contributed by atoms with Gasteiger partial charge < -0.3 is 15.4 Å². The summed E-state index contributed by atoms with van der Waals surface area (Å²) in [4.78, 5) is 10.2. The van der Waals surface area contributed by atoms with Gasteiger partial charge in [-0.2, -0.15) is 0 Å². The summed E-state index contributed by atoms with van der Waals surface area (Å²) >= 11 is 6.13. The van der Waals surface area contributed by atoms with E-state index < -0.39 is 0 Å². The molecule has 2 heterocycles. The standard InChI is InChI=1S/C11H17ClN4O/c1-7-4-16(5-11(2,3)17-7)10-8(12)9(13)14-6-15-10/h6-7H,4-5H2,1-3H3,(H2,13,14,15). The Morgan fingerprint density at radius 2 is 2.24 bits per heavy atom. The molecule has 1 saturated heterocycles. The number of nitrogens with zero attached hydrogens (tertiary/aromatic N) is 3. The van der Waals surface area contributed by atoms with Crippen molar-refractivity contribution >= 4 is 23.2 Å². The zero-order valence-electron chi connectivity index (χ0n) is 10.3. The van der Waals surface area contributed by atoms with E-state index in [2.05, 4.69) is 14.9 Å². The molecule has 1 aromatic heterocycles. The smallest absolute Gasteiger partial charge is 0.153 e. The number of anilines is 2. The van der Waals surface area contributed by atoms with E-state index in [1.807, 2.05) is 20.8 Å². The van der Waals surface area contributed by atoms with E-state index >= 15 is 0 Å². The first-order valence-corrected chi connectivity index (χ1v) is 5.95. The van der Waals surface area contributed by atoms with Gasteiger partial charge in [0.15, 0.2) is 5.82 Å². The maximum atomic E-state index is 6.13. The molecule has 1 unspecified atom stereocenters. The number of nitrogens with two attached hydrogens (primary N) is 1. The van der Waals surface area contributed by atoms with Gasteiger partial charge in [-0.3, -0.25) is 0 Å². The first kappa shape index (κ1) is 12.4. The lowest BCUT2D eigenvalue weighted by atomic mass is 10.1. The van der Waals surface area contributed by atoms with Crippen LogP contribution in [0.2, 0.25) is 5.02 Å². The third kappa shape index (κ3) is 2.61. The van der Waals surface area contributed by atoms with Gasteiger partial charge >= 0.3 is 0 Å². The molecule has 1 fully saturated rings. The zero-order chi connectivity index (χ0) is 12.6. The van der Waals surface area contributed by atoms with Gasteiger partial charge in [0.05, 0.1) is 11.7 Å². The third-order valence-corrected chi connectivity index (χ3v) is 3.03. The number of hydrogen-bond donors (Lipinski definition) is 1. The maximum Gasteiger partial charge on any atom is 0.153 e. The second-order valence-electron chi connectivity index (χ2n) is 4.97. The molecule has 17 heavy (non-hydrogen) atoms. The van der Waals surface area contributed by atoms with Crippen LogP contribution in [-0.2, 0) is 4.74 Å². The monoisotopic (exact) mass is 256 g/mol. The summed E-state index contributed by atoms with van der Waals surface area (Å²) in [6, 6.07) is 0. The lowest BCUT2D eigenvalue weighted by molar-refractivity contribution is -0.0751. The molecule has 2 rings (SSSR count). The fourth-order valence-electron chi connectivity index (χ4n) is 2.21. The molecule has 94 valence electrons. The summed E-state index contributed by atoms with van der Waals surface area (Å²) in [5.74, 6) is 0.996. The average molecular weight is 257 g/mol. The molecule has 5 nitrogen and oxygen atoms in total. The summed E-state index contributed by atoms with van der Waals surface area (Å²) in [5.41, 5.74) is 5.47. The predicted octanol–water partition coefficient (Wildman–Crippen LogP) is 1.72. The van der Waals surface area contributed by atoms with Crippen molar-refractivity contribution in [2.24, 2.45) is 0 Å². The number of nitrogen functional groups attached to an aromatic ring is 1. The lowest BCUT2D eigenvalue weighted by Gasteiger charge is -2.42. The molecular formula is C11H17ClN4O. The SMILES string of the molecule is CC1CN(c2ncnc(N)c2Cl)CC(C)(C)O1. The summed E-state index contributed by atoms with van der Waals surface area (Å²) in [7, 11) is 0. The van der Waals surface area contributed by atoms with E-state index in [0.717, 1.165) is 13.1 Å². The van der Waals surface area contributed by atoms with Gasteiger partial charge in [-0.15, -0.1) is 0 Å². The van der Waals surface area contributed by atoms with Crippen LogP contribution < -0.4 is 10.6 Å². The molecule has 1 atom stereocenters. The Kier molecular flexibility index (Phi) is 3.14. The summed E-state index contributed by atoms with van der Waals surface area (Å²) < 4.78 is 5.84. The number of aromatic nitrogens is 2. The Bertz CT molecular complexity index is 424. The van der Waals surface area contributed by atoms with Crippen molar-refractivity contribution in [3.63, 3.8) is 0 Å². The molecule has 1 aromatic rings. The fourth-order valence-corrected chi connectivity index (χ4v) is 2.43. The van der Waals surface area contributed by atoms with Gasteiger partial charge in [-0.05, 0) is 20.8 Å². The molecule has 0 bridgehead atoms. The van der Waals surface area contributed by atoms with E-state index in [1.54, 1.807) is 0 Å². The third-order valence-electron chi connectivity index (χ3n) is 2.67. The van der Waals surface area contributed by atoms with Crippen molar-refractivity contribution in [1.29, 1.82) is 0 Å². The first-order chi connectivity index (χ1) is 7.89. The van der Waals surface area contributed by atoms with Crippen LogP contribution >= 0.6 is 11.6 Å². The van der Waals surface area contributed by atoms with Gasteiger partial charge in [-0.25, -0.2) is 9.97 Å². The van der Waals surface area contributed by atoms with Crippen LogP contribution in [0, 0.1) is 0 Å². The van der Waals surface area contributed by atoms with Crippen LogP contribution in [-0.4, -0.2) is 34.8 Å². The molecule has 0 radical (unpaired) electrons. The van der Waals surface area contributed by atoms with Crippen molar-refractivity contribution in [3.05, 3.63) is 11.3 Å². The maximum absolute atomic E-state index is 6.13. The minimum Gasteiger partial charge on any atom is -0.382 e. The van der Waals surface area contributed by atoms with Gasteiger partial charge in [0.1, 0.15) is 17.2 Å². The highest BCUT2D eigenvalue weighted by Gasteiger charge is 2.33. The average Bonchev–Trinajstić information content (AvgIpc) is 2.19. The first-order valence-electron chi connectivity index (χ1n) is 5.58. The highest BCUT2D eigenvalue weighted by molar-refractivity contribution is 6.35. The molecule has 0 spiro atoms. The topological polar surface area (TPSA) is 64.3 Å². The van der Waals surface area contributed by atoms with E-state index in [4.69, 9.17) is 22.1 Å². The minimum absolute atomic E-state index is 0.131. The van der Waals surface area contributed by atoms with Gasteiger partial charge in [0, 0.05) is 13.1 Å². The Morgan fingerprint density at radius 3 is 2.88 bits per heavy atom. The molecule has 1 aliphatic heterocycles. The number of rotatable bonds is 1. The van der Waals surface area contributed by atoms with Crippen LogP contribution in [0.25, 0.3) is 0 Å². The number of morpholine rings is 1. The number of halogens is 1. The highest BCUT2D eigenvalue weighted by Crippen LogP contribution is 2.31. The van der Waals surface area contributed by atoms with Crippen molar-refractivity contribution in [2.45, 2.75) is 32.5 Å². The normalized spacial score (nSPS) is 23.8. The Hall–Kier alpha value is -1.07. The summed E-state index contributed by atoms with van der Waals surface area (Å²) in [6.07, 6.45) is 1.56. The molecular weight excluding hydrogens is 240 g/mol. The van der Waals surface area contributed by atoms with Crippen molar-refractivity contribution in [2.75, 3.05) is 23.7 Å². The largest absolute Gasteiger partial charge is 0.382 e. The Morgan fingerprint density at radius 1 is 1.53 bits per heavy atom. The van der Waals surface area contributed by atoms with Gasteiger partial charge in [-0.1, -0.05) is 11.6 Å². The van der Waals surface area contributed by atoms with Gasteiger partial charge in [0.25, 0.3) is 0 Å². The van der Waals surface area contributed by atoms with Crippen LogP contribution in [0.3, 0.4) is 0 Å². The molecule has 6 heteroatoms. The number of ether oxygens (including phenoxy) is 1. The van der Waals surface area contributed by atoms with Crippen molar-refractivity contribution in [3.8, 4) is 0 Å². The van der Waals surface area contributed by atoms with E-state index in [-0.39, 0.29) is 11.7 Å². The van der Waals surface area contributed by atoms with E-state index in [9.17, 15) is 0 Å². The molecule has 0 aliphatic carbocycles. The molecule has 1 aliphatic rings. The second kappa shape index (κ2) is 4.31. The number of hydrogen-bond acceptors (Lipinski definition) is 5. The summed E-state index contributed by atoms with van der Waals surface area (Å²) in [5, 5.41) is 0.414. The van der Waals surface area contributed by atoms with E-state index in [0.29, 0.717) is 16.7 Å². The van der Waals surface area contributed by atoms with E-state index in [1.165, 1.54) is 6.33 Å². The molecule has 0 saturated carbocycles. The van der Waals surface area contributed by atoms with Crippen LogP contribution in [0.5, 0.6) is 0 Å². The molecule has 0 amide bonds. The molecule has 0 aromatic carbocycles. The van der Waals surface area contributed by atoms with Crippen molar-refractivity contribution < 1.29 is 4.74 Å². The van der Waals surface area contributed by atoms with Gasteiger partial charge in [0.2, 0.25) is 0 Å². The van der Waals surface area contributed by atoms with Crippen LogP contribution in [0.15, 0.2) is 6.33 Å². The van der Waals surface area contributed by atoms with Crippen LogP contribution in [0.4, 0.5) is 11.6 Å². The predicted molar refractivity (Wildman–Crippen MR) is 68.3 cm³/mol. The quantitative estimate of drug-likeness (QED) is 0.829. The van der Waals surface area contributed by atoms with Crippen LogP contribution in [0.1, 0.15) is 20.8 Å². The second-order valence-corrected chi connectivity index (χ2v) is 5.34. The lowest BCUT2D eigenvalue weighted by Crippen LogP contribution is -2.52. The minimum atomic E-state index is -0.222. The fraction of sp³-hybridized carbons (Fsp3) is 0.636.